The molecular weight excluding hydrogens is 425 g/mol. The van der Waals surface area contributed by atoms with Gasteiger partial charge in [0.2, 0.25) is 5.91 Å². The zero-order valence-corrected chi connectivity index (χ0v) is 16.3. The number of aromatic nitrogens is 1. The van der Waals surface area contributed by atoms with Gasteiger partial charge in [-0.3, -0.25) is 4.79 Å². The molecule has 0 spiro atoms. The van der Waals surface area contributed by atoms with Crippen molar-refractivity contribution in [3.8, 4) is 0 Å². The predicted molar refractivity (Wildman–Crippen MR) is 107 cm³/mol. The molecule has 1 heterocycles. The van der Waals surface area contributed by atoms with Crippen molar-refractivity contribution in [3.63, 3.8) is 0 Å². The summed E-state index contributed by atoms with van der Waals surface area (Å²) in [5, 5.41) is 5.92. The highest BCUT2D eigenvalue weighted by molar-refractivity contribution is 9.10. The van der Waals surface area contributed by atoms with Crippen LogP contribution in [0.4, 0.5) is 0 Å². The van der Waals surface area contributed by atoms with E-state index in [9.17, 15) is 4.79 Å². The molecule has 4 nitrogen and oxygen atoms in total. The first-order valence-electron chi connectivity index (χ1n) is 7.47. The molecule has 1 aromatic heterocycles. The quantitative estimate of drug-likeness (QED) is 0.424. The third-order valence-corrected chi connectivity index (χ3v) is 5.00. The molecular formula is C18H14BrCl2N3O. The van der Waals surface area contributed by atoms with Crippen molar-refractivity contribution in [3.05, 3.63) is 67.7 Å². The molecule has 0 unspecified atom stereocenters. The minimum absolute atomic E-state index is 0.194. The number of fused-ring (bicyclic) bond motifs is 1. The number of rotatable bonds is 4. The van der Waals surface area contributed by atoms with Gasteiger partial charge in [0.25, 0.3) is 0 Å². The van der Waals surface area contributed by atoms with E-state index in [1.807, 2.05) is 25.1 Å². The van der Waals surface area contributed by atoms with Crippen molar-refractivity contribution in [2.24, 2.45) is 5.10 Å². The van der Waals surface area contributed by atoms with E-state index in [2.05, 4.69) is 31.4 Å². The average molecular weight is 439 g/mol. The third-order valence-electron chi connectivity index (χ3n) is 3.77. The summed E-state index contributed by atoms with van der Waals surface area (Å²) in [4.78, 5) is 15.5. The second-order valence-corrected chi connectivity index (χ2v) is 7.29. The van der Waals surface area contributed by atoms with Crippen molar-refractivity contribution in [2.45, 2.75) is 13.3 Å². The molecule has 0 aliphatic heterocycles. The molecule has 1 amide bonds. The third kappa shape index (κ3) is 4.24. The molecule has 128 valence electrons. The van der Waals surface area contributed by atoms with Gasteiger partial charge in [-0.2, -0.15) is 5.10 Å². The van der Waals surface area contributed by atoms with Crippen molar-refractivity contribution < 1.29 is 4.79 Å². The SMILES string of the molecule is Cc1[nH]c2ccc(Br)cc2c1CC(=O)NN=Cc1ccc(Cl)c(Cl)c1. The summed E-state index contributed by atoms with van der Waals surface area (Å²) in [6, 6.07) is 11.1. The fraction of sp³-hybridized carbons (Fsp3) is 0.111. The lowest BCUT2D eigenvalue weighted by atomic mass is 10.1. The standard InChI is InChI=1S/C18H14BrCl2N3O/c1-10-13(14-7-12(19)3-5-17(14)23-10)8-18(25)24-22-9-11-2-4-15(20)16(21)6-11/h2-7,9,23H,8H2,1H3,(H,24,25). The van der Waals surface area contributed by atoms with Gasteiger partial charge in [-0.15, -0.1) is 0 Å². The molecule has 0 bridgehead atoms. The van der Waals surface area contributed by atoms with Crippen LogP contribution < -0.4 is 5.43 Å². The first-order valence-corrected chi connectivity index (χ1v) is 9.02. The number of hydrazone groups is 1. The summed E-state index contributed by atoms with van der Waals surface area (Å²) in [5.74, 6) is -0.194. The normalized spacial score (nSPS) is 11.4. The van der Waals surface area contributed by atoms with Crippen molar-refractivity contribution in [1.82, 2.24) is 10.4 Å². The molecule has 3 aromatic rings. The Kier molecular flexibility index (Phi) is 5.47. The van der Waals surface area contributed by atoms with Crippen molar-refractivity contribution >= 4 is 62.2 Å². The molecule has 0 aliphatic rings. The zero-order chi connectivity index (χ0) is 18.0. The van der Waals surface area contributed by atoms with Gasteiger partial charge in [-0.1, -0.05) is 45.2 Å². The van der Waals surface area contributed by atoms with Crippen LogP contribution in [0.15, 0.2) is 46.0 Å². The Morgan fingerprint density at radius 3 is 2.80 bits per heavy atom. The number of hydrogen-bond donors (Lipinski definition) is 2. The van der Waals surface area contributed by atoms with Crippen LogP contribution in [0.5, 0.6) is 0 Å². The Bertz CT molecular complexity index is 982. The number of amides is 1. The predicted octanol–water partition coefficient (Wildman–Crippen LogP) is 5.24. The van der Waals surface area contributed by atoms with Gasteiger partial charge in [0, 0.05) is 21.1 Å². The van der Waals surface area contributed by atoms with E-state index in [-0.39, 0.29) is 12.3 Å². The summed E-state index contributed by atoms with van der Waals surface area (Å²) in [5.41, 5.74) is 6.22. The second kappa shape index (κ2) is 7.60. The molecule has 2 N–H and O–H groups in total. The summed E-state index contributed by atoms with van der Waals surface area (Å²) >= 11 is 15.3. The first kappa shape index (κ1) is 18.0. The maximum atomic E-state index is 12.2. The zero-order valence-electron chi connectivity index (χ0n) is 13.2. The van der Waals surface area contributed by atoms with Crippen LogP contribution in [0.3, 0.4) is 0 Å². The van der Waals surface area contributed by atoms with E-state index in [1.54, 1.807) is 18.2 Å². The van der Waals surface area contributed by atoms with E-state index in [4.69, 9.17) is 23.2 Å². The molecule has 0 fully saturated rings. The van der Waals surface area contributed by atoms with Gasteiger partial charge in [0.15, 0.2) is 0 Å². The number of carbonyl (C=O) groups excluding carboxylic acids is 1. The van der Waals surface area contributed by atoms with Gasteiger partial charge in [0.05, 0.1) is 22.7 Å². The van der Waals surface area contributed by atoms with E-state index in [1.165, 1.54) is 6.21 Å². The summed E-state index contributed by atoms with van der Waals surface area (Å²) in [6.45, 7) is 1.95. The fourth-order valence-corrected chi connectivity index (χ4v) is 3.22. The summed E-state index contributed by atoms with van der Waals surface area (Å²) < 4.78 is 0.971. The number of aryl methyl sites for hydroxylation is 1. The number of H-pyrrole nitrogens is 1. The van der Waals surface area contributed by atoms with Gasteiger partial charge in [-0.25, -0.2) is 5.43 Å². The largest absolute Gasteiger partial charge is 0.358 e. The van der Waals surface area contributed by atoms with Crippen LogP contribution in [-0.4, -0.2) is 17.1 Å². The molecule has 7 heteroatoms. The summed E-state index contributed by atoms with van der Waals surface area (Å²) in [7, 11) is 0. The fourth-order valence-electron chi connectivity index (χ4n) is 2.55. The topological polar surface area (TPSA) is 57.2 Å². The van der Waals surface area contributed by atoms with Crippen LogP contribution in [0.25, 0.3) is 10.9 Å². The number of carbonyl (C=O) groups is 1. The van der Waals surface area contributed by atoms with Crippen LogP contribution in [0.1, 0.15) is 16.8 Å². The Hall–Kier alpha value is -1.82. The van der Waals surface area contributed by atoms with Crippen LogP contribution in [-0.2, 0) is 11.2 Å². The summed E-state index contributed by atoms with van der Waals surface area (Å²) in [6.07, 6.45) is 1.76. The van der Waals surface area contributed by atoms with Gasteiger partial charge in [0.1, 0.15) is 0 Å². The number of nitrogens with one attached hydrogen (secondary N) is 2. The number of halogens is 3. The van der Waals surface area contributed by atoms with Crippen LogP contribution >= 0.6 is 39.1 Å². The van der Waals surface area contributed by atoms with Crippen LogP contribution in [0.2, 0.25) is 10.0 Å². The average Bonchev–Trinajstić information content (AvgIpc) is 2.86. The molecule has 3 rings (SSSR count). The lowest BCUT2D eigenvalue weighted by Crippen LogP contribution is -2.20. The van der Waals surface area contributed by atoms with E-state index in [0.717, 1.165) is 32.2 Å². The minimum atomic E-state index is -0.194. The molecule has 0 saturated carbocycles. The van der Waals surface area contributed by atoms with E-state index in [0.29, 0.717) is 10.0 Å². The van der Waals surface area contributed by atoms with Gasteiger partial charge in [-0.05, 0) is 48.4 Å². The Morgan fingerprint density at radius 2 is 2.04 bits per heavy atom. The van der Waals surface area contributed by atoms with E-state index >= 15 is 0 Å². The molecule has 0 radical (unpaired) electrons. The number of hydrogen-bond acceptors (Lipinski definition) is 2. The molecule has 0 atom stereocenters. The lowest BCUT2D eigenvalue weighted by molar-refractivity contribution is -0.120. The minimum Gasteiger partial charge on any atom is -0.358 e. The molecule has 2 aromatic carbocycles. The lowest BCUT2D eigenvalue weighted by Gasteiger charge is -2.02. The smallest absolute Gasteiger partial charge is 0.244 e. The van der Waals surface area contributed by atoms with Crippen molar-refractivity contribution in [1.29, 1.82) is 0 Å². The Balaban J connectivity index is 1.70. The Labute approximate surface area is 163 Å². The Morgan fingerprint density at radius 1 is 1.24 bits per heavy atom. The van der Waals surface area contributed by atoms with Crippen LogP contribution in [0, 0.1) is 6.92 Å². The van der Waals surface area contributed by atoms with Crippen molar-refractivity contribution in [2.75, 3.05) is 0 Å². The maximum Gasteiger partial charge on any atom is 0.244 e. The van der Waals surface area contributed by atoms with E-state index < -0.39 is 0 Å². The first-order chi connectivity index (χ1) is 11.9. The maximum absolute atomic E-state index is 12.2. The highest BCUT2D eigenvalue weighted by Crippen LogP contribution is 2.26. The number of aromatic amines is 1. The molecule has 25 heavy (non-hydrogen) atoms. The molecule has 0 aliphatic carbocycles. The number of nitrogens with zero attached hydrogens (tertiary/aromatic N) is 1. The number of benzene rings is 2. The monoisotopic (exact) mass is 437 g/mol. The van der Waals surface area contributed by atoms with Gasteiger partial charge < -0.3 is 4.98 Å². The highest BCUT2D eigenvalue weighted by atomic mass is 79.9. The second-order valence-electron chi connectivity index (χ2n) is 5.56. The molecule has 0 saturated heterocycles. The van der Waals surface area contributed by atoms with Gasteiger partial charge >= 0.3 is 0 Å². The highest BCUT2D eigenvalue weighted by Gasteiger charge is 2.12.